The number of nitrogens with one attached hydrogen (secondary N) is 2. The highest BCUT2D eigenvalue weighted by molar-refractivity contribution is 7.85. The van der Waals surface area contributed by atoms with Crippen LogP contribution >= 0.6 is 0 Å². The number of rotatable bonds is 4. The van der Waals surface area contributed by atoms with E-state index in [1.807, 2.05) is 25.1 Å². The summed E-state index contributed by atoms with van der Waals surface area (Å²) >= 11 is 0. The number of aryl methyl sites for hydroxylation is 1. The molecule has 45 heavy (non-hydrogen) atoms. The minimum atomic E-state index is -3.01. The van der Waals surface area contributed by atoms with E-state index in [2.05, 4.69) is 26.7 Å². The van der Waals surface area contributed by atoms with E-state index in [-0.39, 0.29) is 11.1 Å². The summed E-state index contributed by atoms with van der Waals surface area (Å²) in [5.41, 5.74) is 0.202. The van der Waals surface area contributed by atoms with Crippen molar-refractivity contribution in [2.45, 2.75) is 82.2 Å². The normalized spacial score (nSPS) is 26.6. The fourth-order valence-electron chi connectivity index (χ4n) is 6.52. The average Bonchev–Trinajstić information content (AvgIpc) is 3.04. The number of benzene rings is 1. The second-order valence-corrected chi connectivity index (χ2v) is 14.0. The fourth-order valence-corrected chi connectivity index (χ4v) is 7.88. The molecule has 0 aliphatic carbocycles. The molecule has 0 amide bonds. The predicted molar refractivity (Wildman–Crippen MR) is 175 cm³/mol. The van der Waals surface area contributed by atoms with Gasteiger partial charge in [-0.15, -0.1) is 0 Å². The molecular formula is C34H42F2N6O2S. The SMILES string of the molecule is CNCCC1CC/C=C/CCCCn2c(=O)c(C3(C#N)CCS(=O)CC3)cc3c(ncnc32)N[C@H](C)c2cccc(c2)C1(F)F. The summed E-state index contributed by atoms with van der Waals surface area (Å²) in [5.74, 6) is -2.64. The van der Waals surface area contributed by atoms with Crippen LogP contribution in [-0.2, 0) is 28.7 Å². The lowest BCUT2D eigenvalue weighted by Gasteiger charge is -2.31. The van der Waals surface area contributed by atoms with Gasteiger partial charge in [0.25, 0.3) is 11.5 Å². The number of alkyl halides is 2. The van der Waals surface area contributed by atoms with E-state index in [1.165, 1.54) is 12.4 Å². The highest BCUT2D eigenvalue weighted by Crippen LogP contribution is 2.41. The number of allylic oxidation sites excluding steroid dienone is 2. The molecule has 1 aromatic carbocycles. The van der Waals surface area contributed by atoms with Crippen LogP contribution in [0, 0.1) is 17.2 Å². The van der Waals surface area contributed by atoms with E-state index in [0.29, 0.717) is 91.1 Å². The predicted octanol–water partition coefficient (Wildman–Crippen LogP) is 6.11. The van der Waals surface area contributed by atoms with Crippen LogP contribution in [0.4, 0.5) is 14.6 Å². The third-order valence-electron chi connectivity index (χ3n) is 9.36. The standard InChI is InChI=1S/C34H42F2N6O2S/c1-24-25-10-9-12-27(20-25)34(35,36)26(13-16-38-2)11-7-5-3-4-6-8-17-42-31-28(30(41-24)39-23-40-31)21-29(32(42)43)33(22-37)14-18-45(44)19-15-33/h3,5,9-10,12,20-21,23-24,26,38H,4,6-8,11,13-19H2,1-2H3,(H,39,40,41)/b5-3+/t24-,26?,33?,45?/m1/s1. The van der Waals surface area contributed by atoms with Crippen molar-refractivity contribution < 1.29 is 13.0 Å². The smallest absolute Gasteiger partial charge is 0.276 e. The first-order chi connectivity index (χ1) is 21.7. The van der Waals surface area contributed by atoms with Gasteiger partial charge in [-0.2, -0.15) is 5.26 Å². The zero-order valence-electron chi connectivity index (χ0n) is 26.0. The first-order valence-electron chi connectivity index (χ1n) is 15.9. The fraction of sp³-hybridized carbons (Fsp3) is 0.529. The van der Waals surface area contributed by atoms with E-state index in [1.54, 1.807) is 29.8 Å². The molecule has 6 bridgehead atoms. The van der Waals surface area contributed by atoms with Gasteiger partial charge in [-0.05, 0) is 89.6 Å². The van der Waals surface area contributed by atoms with Gasteiger partial charge in [0.05, 0.1) is 16.9 Å². The van der Waals surface area contributed by atoms with Gasteiger partial charge in [-0.3, -0.25) is 13.6 Å². The summed E-state index contributed by atoms with van der Waals surface area (Å²) < 4.78 is 45.9. The number of halogens is 2. The summed E-state index contributed by atoms with van der Waals surface area (Å²) in [7, 11) is 0.770. The van der Waals surface area contributed by atoms with Crippen LogP contribution < -0.4 is 16.2 Å². The zero-order valence-corrected chi connectivity index (χ0v) is 26.8. The maximum Gasteiger partial charge on any atom is 0.276 e. The Labute approximate surface area is 265 Å². The maximum atomic E-state index is 16.0. The van der Waals surface area contributed by atoms with Crippen molar-refractivity contribution in [2.24, 2.45) is 5.92 Å². The van der Waals surface area contributed by atoms with Crippen molar-refractivity contribution in [1.29, 1.82) is 5.26 Å². The quantitative estimate of drug-likeness (QED) is 0.333. The van der Waals surface area contributed by atoms with Gasteiger partial charge in [-0.25, -0.2) is 18.7 Å². The first-order valence-corrected chi connectivity index (χ1v) is 17.4. The molecule has 2 aliphatic rings. The van der Waals surface area contributed by atoms with Crippen LogP contribution in [0.5, 0.6) is 0 Å². The molecule has 2 atom stereocenters. The van der Waals surface area contributed by atoms with E-state index in [9.17, 15) is 14.3 Å². The number of aromatic nitrogens is 3. The lowest BCUT2D eigenvalue weighted by molar-refractivity contribution is -0.0707. The molecule has 0 saturated carbocycles. The summed E-state index contributed by atoms with van der Waals surface area (Å²) in [6, 6.07) is 10.3. The van der Waals surface area contributed by atoms with E-state index < -0.39 is 34.1 Å². The minimum absolute atomic E-state index is 0.00836. The van der Waals surface area contributed by atoms with Gasteiger partial charge in [0, 0.05) is 51.9 Å². The van der Waals surface area contributed by atoms with Crippen molar-refractivity contribution >= 4 is 27.7 Å². The molecular weight excluding hydrogens is 594 g/mol. The molecule has 240 valence electrons. The van der Waals surface area contributed by atoms with Crippen LogP contribution in [0.3, 0.4) is 0 Å². The number of hydrogen-bond donors (Lipinski definition) is 2. The van der Waals surface area contributed by atoms with Crippen molar-refractivity contribution in [3.8, 4) is 6.07 Å². The van der Waals surface area contributed by atoms with Crippen molar-refractivity contribution in [1.82, 2.24) is 19.9 Å². The third kappa shape index (κ3) is 7.02. The number of fused-ring (bicyclic) bond motifs is 2. The summed E-state index contributed by atoms with van der Waals surface area (Å²) in [6.07, 6.45) is 9.67. The zero-order chi connectivity index (χ0) is 32.0. The molecule has 2 N–H and O–H groups in total. The number of anilines is 1. The van der Waals surface area contributed by atoms with Crippen LogP contribution in [0.1, 0.15) is 81.0 Å². The summed E-state index contributed by atoms with van der Waals surface area (Å²) in [4.78, 5) is 23.1. The molecule has 1 unspecified atom stereocenters. The summed E-state index contributed by atoms with van der Waals surface area (Å²) in [6.45, 7) is 2.81. The number of pyridine rings is 1. The number of hydrogen-bond acceptors (Lipinski definition) is 7. The van der Waals surface area contributed by atoms with Crippen molar-refractivity contribution in [3.05, 3.63) is 75.9 Å². The molecule has 0 spiro atoms. The topological polar surface area (TPSA) is 113 Å². The molecule has 3 aromatic rings. The Bertz CT molecular complexity index is 1660. The second kappa shape index (κ2) is 14.3. The van der Waals surface area contributed by atoms with Crippen LogP contribution in [0.2, 0.25) is 0 Å². The molecule has 8 nitrogen and oxygen atoms in total. The lowest BCUT2D eigenvalue weighted by Crippen LogP contribution is -2.40. The van der Waals surface area contributed by atoms with Gasteiger partial charge in [-0.1, -0.05) is 30.4 Å². The molecule has 5 rings (SSSR count). The molecule has 1 fully saturated rings. The number of nitrogens with zero attached hydrogens (tertiary/aromatic N) is 4. The second-order valence-electron chi connectivity index (χ2n) is 12.3. The Morgan fingerprint density at radius 3 is 2.69 bits per heavy atom. The van der Waals surface area contributed by atoms with Gasteiger partial charge >= 0.3 is 0 Å². The van der Waals surface area contributed by atoms with E-state index in [0.717, 1.165) is 12.8 Å². The maximum absolute atomic E-state index is 16.0. The highest BCUT2D eigenvalue weighted by Gasteiger charge is 2.41. The molecule has 11 heteroatoms. The highest BCUT2D eigenvalue weighted by atomic mass is 32.2. The molecule has 4 heterocycles. The van der Waals surface area contributed by atoms with Crippen LogP contribution in [0.15, 0.2) is 53.6 Å². The summed E-state index contributed by atoms with van der Waals surface area (Å²) in [5, 5.41) is 17.4. The van der Waals surface area contributed by atoms with Gasteiger partial charge in [0.15, 0.2) is 0 Å². The largest absolute Gasteiger partial charge is 0.363 e. The third-order valence-corrected chi connectivity index (χ3v) is 10.7. The monoisotopic (exact) mass is 636 g/mol. The first kappa shape index (κ1) is 32.9. The Morgan fingerprint density at radius 1 is 1.16 bits per heavy atom. The minimum Gasteiger partial charge on any atom is -0.363 e. The van der Waals surface area contributed by atoms with Crippen molar-refractivity contribution in [3.63, 3.8) is 0 Å². The molecule has 0 radical (unpaired) electrons. The Balaban J connectivity index is 1.61. The van der Waals surface area contributed by atoms with Gasteiger partial charge < -0.3 is 10.6 Å². The Kier molecular flexibility index (Phi) is 10.4. The van der Waals surface area contributed by atoms with Crippen molar-refractivity contribution in [2.75, 3.05) is 30.4 Å². The van der Waals surface area contributed by atoms with Crippen LogP contribution in [0.25, 0.3) is 11.0 Å². The molecule has 1 saturated heterocycles. The number of nitriles is 1. The van der Waals surface area contributed by atoms with Gasteiger partial charge in [0.1, 0.15) is 17.8 Å². The van der Waals surface area contributed by atoms with Gasteiger partial charge in [0.2, 0.25) is 0 Å². The van der Waals surface area contributed by atoms with E-state index >= 15 is 8.78 Å². The Hall–Kier alpha value is -3.49. The molecule has 2 aliphatic heterocycles. The Morgan fingerprint density at radius 2 is 1.93 bits per heavy atom. The van der Waals surface area contributed by atoms with E-state index in [4.69, 9.17) is 0 Å². The molecule has 2 aromatic heterocycles. The van der Waals surface area contributed by atoms with Crippen LogP contribution in [-0.4, -0.2) is 43.8 Å². The lowest BCUT2D eigenvalue weighted by atomic mass is 9.77. The average molecular weight is 637 g/mol.